The maximum atomic E-state index is 4.92. The highest BCUT2D eigenvalue weighted by molar-refractivity contribution is 5.83. The van der Waals surface area contributed by atoms with E-state index < -0.39 is 0 Å². The minimum Gasteiger partial charge on any atom is -0.357 e. The molecule has 0 bridgehead atoms. The first-order chi connectivity index (χ1) is 14.3. The van der Waals surface area contributed by atoms with Gasteiger partial charge in [-0.1, -0.05) is 24.3 Å². The molecule has 5 rings (SSSR count). The smallest absolute Gasteiger partial charge is 0.129 e. The maximum Gasteiger partial charge on any atom is 0.129 e. The fourth-order valence-electron chi connectivity index (χ4n) is 4.36. The van der Waals surface area contributed by atoms with Crippen molar-refractivity contribution >= 4 is 16.7 Å². The predicted octanol–water partition coefficient (Wildman–Crippen LogP) is 4.57. The number of nitrogens with zero attached hydrogens (tertiary/aromatic N) is 5. The first-order valence-electron chi connectivity index (χ1n) is 10.3. The summed E-state index contributed by atoms with van der Waals surface area (Å²) in [7, 11) is 0. The number of pyridine rings is 2. The van der Waals surface area contributed by atoms with E-state index in [4.69, 9.17) is 9.97 Å². The second kappa shape index (κ2) is 7.66. The second-order valence-electron chi connectivity index (χ2n) is 7.85. The third kappa shape index (κ3) is 3.60. The summed E-state index contributed by atoms with van der Waals surface area (Å²) in [5.74, 6) is 2.77. The van der Waals surface area contributed by atoms with Crippen LogP contribution in [0.15, 0.2) is 67.3 Å². The number of aromatic nitrogens is 4. The Bertz CT molecular complexity index is 1110. The van der Waals surface area contributed by atoms with Crippen molar-refractivity contribution in [3.05, 3.63) is 84.2 Å². The van der Waals surface area contributed by atoms with Gasteiger partial charge in [-0.15, -0.1) is 0 Å². The molecule has 1 aliphatic rings. The van der Waals surface area contributed by atoms with Crippen molar-refractivity contribution in [1.82, 2.24) is 19.5 Å². The van der Waals surface area contributed by atoms with Crippen LogP contribution in [0.3, 0.4) is 0 Å². The van der Waals surface area contributed by atoms with Crippen molar-refractivity contribution in [2.24, 2.45) is 0 Å². The number of hydrogen-bond acceptors (Lipinski definition) is 4. The topological polar surface area (TPSA) is 46.8 Å². The van der Waals surface area contributed by atoms with Crippen molar-refractivity contribution in [2.45, 2.75) is 32.2 Å². The van der Waals surface area contributed by atoms with Crippen LogP contribution < -0.4 is 4.90 Å². The van der Waals surface area contributed by atoms with Crippen LogP contribution in [0.5, 0.6) is 0 Å². The zero-order valence-electron chi connectivity index (χ0n) is 16.7. The highest BCUT2D eigenvalue weighted by atomic mass is 15.2. The summed E-state index contributed by atoms with van der Waals surface area (Å²) in [5.41, 5.74) is 3.58. The summed E-state index contributed by atoms with van der Waals surface area (Å²) in [6, 6.07) is 14.7. The van der Waals surface area contributed by atoms with E-state index in [-0.39, 0.29) is 0 Å². The summed E-state index contributed by atoms with van der Waals surface area (Å²) in [4.78, 5) is 16.3. The number of piperidine rings is 1. The van der Waals surface area contributed by atoms with E-state index in [2.05, 4.69) is 64.0 Å². The van der Waals surface area contributed by atoms with Gasteiger partial charge in [-0.3, -0.25) is 4.98 Å². The van der Waals surface area contributed by atoms with E-state index >= 15 is 0 Å². The van der Waals surface area contributed by atoms with E-state index in [0.29, 0.717) is 5.92 Å². The average Bonchev–Trinajstić information content (AvgIpc) is 3.23. The Balaban J connectivity index is 1.31. The fourth-order valence-corrected chi connectivity index (χ4v) is 4.36. The Kier molecular flexibility index (Phi) is 4.72. The molecular formula is C24H25N5. The molecule has 0 N–H and O–H groups in total. The van der Waals surface area contributed by atoms with Gasteiger partial charge in [0.1, 0.15) is 11.6 Å². The van der Waals surface area contributed by atoms with Crippen LogP contribution in [0.2, 0.25) is 0 Å². The highest BCUT2D eigenvalue weighted by Crippen LogP contribution is 2.31. The first kappa shape index (κ1) is 17.9. The van der Waals surface area contributed by atoms with Crippen LogP contribution in [-0.2, 0) is 6.54 Å². The van der Waals surface area contributed by atoms with Crippen LogP contribution in [0.1, 0.15) is 35.7 Å². The highest BCUT2D eigenvalue weighted by Gasteiger charge is 2.25. The Labute approximate surface area is 171 Å². The molecule has 0 aliphatic carbocycles. The quantitative estimate of drug-likeness (QED) is 0.518. The van der Waals surface area contributed by atoms with Crippen molar-refractivity contribution < 1.29 is 0 Å². The SMILES string of the molecule is Cc1cc(N2CCC(c3nccn3Cc3cccnc3)CC2)nc2ccccc12. The Morgan fingerprint density at radius 2 is 1.90 bits per heavy atom. The van der Waals surface area contributed by atoms with Crippen LogP contribution in [0.25, 0.3) is 10.9 Å². The van der Waals surface area contributed by atoms with Gasteiger partial charge in [-0.05, 0) is 49.1 Å². The molecule has 5 heteroatoms. The largest absolute Gasteiger partial charge is 0.357 e. The van der Waals surface area contributed by atoms with Gasteiger partial charge in [0.05, 0.1) is 12.1 Å². The molecular weight excluding hydrogens is 358 g/mol. The number of imidazole rings is 1. The van der Waals surface area contributed by atoms with Gasteiger partial charge in [0.2, 0.25) is 0 Å². The van der Waals surface area contributed by atoms with Gasteiger partial charge < -0.3 is 9.47 Å². The van der Waals surface area contributed by atoms with E-state index in [1.165, 1.54) is 22.3 Å². The summed E-state index contributed by atoms with van der Waals surface area (Å²) in [5, 5.41) is 1.24. The molecule has 0 atom stereocenters. The lowest BCUT2D eigenvalue weighted by Gasteiger charge is -2.33. The number of fused-ring (bicyclic) bond motifs is 1. The van der Waals surface area contributed by atoms with Crippen LogP contribution >= 0.6 is 0 Å². The molecule has 146 valence electrons. The van der Waals surface area contributed by atoms with Crippen molar-refractivity contribution in [3.63, 3.8) is 0 Å². The van der Waals surface area contributed by atoms with E-state index in [1.54, 1.807) is 0 Å². The van der Waals surface area contributed by atoms with Crippen molar-refractivity contribution in [3.8, 4) is 0 Å². The molecule has 0 unspecified atom stereocenters. The van der Waals surface area contributed by atoms with Gasteiger partial charge in [0.25, 0.3) is 0 Å². The molecule has 4 heterocycles. The fraction of sp³-hybridized carbons (Fsp3) is 0.292. The number of anilines is 1. The Hall–Kier alpha value is -3.21. The Morgan fingerprint density at radius 1 is 1.03 bits per heavy atom. The summed E-state index contributed by atoms with van der Waals surface area (Å²) in [6.07, 6.45) is 9.95. The first-order valence-corrected chi connectivity index (χ1v) is 10.3. The summed E-state index contributed by atoms with van der Waals surface area (Å²) < 4.78 is 2.27. The van der Waals surface area contributed by atoms with Crippen LogP contribution in [0, 0.1) is 6.92 Å². The number of benzene rings is 1. The van der Waals surface area contributed by atoms with Gasteiger partial charge in [-0.2, -0.15) is 0 Å². The monoisotopic (exact) mass is 383 g/mol. The molecule has 1 aliphatic heterocycles. The van der Waals surface area contributed by atoms with E-state index in [0.717, 1.165) is 43.8 Å². The standard InChI is InChI=1S/C24H25N5/c1-18-15-23(27-22-7-3-2-6-21(18)22)28-12-8-20(9-13-28)24-26-11-14-29(24)17-19-5-4-10-25-16-19/h2-7,10-11,14-16,20H,8-9,12-13,17H2,1H3. The molecule has 3 aromatic heterocycles. The van der Waals surface area contributed by atoms with Crippen molar-refractivity contribution in [1.29, 1.82) is 0 Å². The molecule has 0 amide bonds. The van der Waals surface area contributed by atoms with Gasteiger partial charge in [0.15, 0.2) is 0 Å². The third-order valence-electron chi connectivity index (χ3n) is 5.92. The molecule has 1 fully saturated rings. The predicted molar refractivity (Wildman–Crippen MR) is 116 cm³/mol. The number of aryl methyl sites for hydroxylation is 1. The number of hydrogen-bond donors (Lipinski definition) is 0. The van der Waals surface area contributed by atoms with E-state index in [1.807, 2.05) is 24.7 Å². The second-order valence-corrected chi connectivity index (χ2v) is 7.85. The van der Waals surface area contributed by atoms with Crippen molar-refractivity contribution in [2.75, 3.05) is 18.0 Å². The lowest BCUT2D eigenvalue weighted by atomic mass is 9.95. The molecule has 0 radical (unpaired) electrons. The maximum absolute atomic E-state index is 4.92. The van der Waals surface area contributed by atoms with E-state index in [9.17, 15) is 0 Å². The molecule has 1 aromatic carbocycles. The molecule has 1 saturated heterocycles. The zero-order valence-corrected chi connectivity index (χ0v) is 16.7. The number of rotatable bonds is 4. The Morgan fingerprint density at radius 3 is 2.72 bits per heavy atom. The summed E-state index contributed by atoms with van der Waals surface area (Å²) >= 11 is 0. The average molecular weight is 383 g/mol. The molecule has 29 heavy (non-hydrogen) atoms. The molecule has 5 nitrogen and oxygen atoms in total. The van der Waals surface area contributed by atoms with Crippen LogP contribution in [0.4, 0.5) is 5.82 Å². The van der Waals surface area contributed by atoms with Gasteiger partial charge in [0, 0.05) is 49.2 Å². The lowest BCUT2D eigenvalue weighted by molar-refractivity contribution is 0.468. The van der Waals surface area contributed by atoms with Crippen LogP contribution in [-0.4, -0.2) is 32.6 Å². The van der Waals surface area contributed by atoms with Gasteiger partial charge >= 0.3 is 0 Å². The number of para-hydroxylation sites is 1. The third-order valence-corrected chi connectivity index (χ3v) is 5.92. The minimum atomic E-state index is 0.486. The molecule has 0 spiro atoms. The molecule has 0 saturated carbocycles. The molecule has 4 aromatic rings. The minimum absolute atomic E-state index is 0.486. The normalized spacial score (nSPS) is 15.1. The zero-order chi connectivity index (χ0) is 19.6. The van der Waals surface area contributed by atoms with Gasteiger partial charge in [-0.25, -0.2) is 9.97 Å². The lowest BCUT2D eigenvalue weighted by Crippen LogP contribution is -2.34. The summed E-state index contributed by atoms with van der Waals surface area (Å²) in [6.45, 7) is 5.02.